The molecule has 16 heavy (non-hydrogen) atoms. The Bertz CT molecular complexity index is 176. The average molecular weight is 242 g/mol. The van der Waals surface area contributed by atoms with E-state index in [-0.39, 0.29) is 12.6 Å². The maximum atomic E-state index is 12.0. The van der Waals surface area contributed by atoms with Gasteiger partial charge in [-0.3, -0.25) is 4.90 Å². The second-order valence-corrected chi connectivity index (χ2v) is 3.76. The normalized spacial score (nSPS) is 14.4. The van der Waals surface area contributed by atoms with Crippen LogP contribution in [0.3, 0.4) is 0 Å². The van der Waals surface area contributed by atoms with Gasteiger partial charge in [-0.15, -0.1) is 0 Å². The second kappa shape index (κ2) is 7.86. The maximum absolute atomic E-state index is 12.0. The number of rotatable bonds is 8. The van der Waals surface area contributed by atoms with E-state index in [4.69, 9.17) is 4.74 Å². The summed E-state index contributed by atoms with van der Waals surface area (Å²) in [5.74, 6) is 0. The zero-order valence-corrected chi connectivity index (χ0v) is 10.1. The molecular formula is C10H21F3N2O. The lowest BCUT2D eigenvalue weighted by atomic mass is 10.2. The Morgan fingerprint density at radius 1 is 1.38 bits per heavy atom. The van der Waals surface area contributed by atoms with Gasteiger partial charge in [0.1, 0.15) is 0 Å². The molecule has 0 bridgehead atoms. The Balaban J connectivity index is 4.00. The van der Waals surface area contributed by atoms with Crippen LogP contribution in [0.15, 0.2) is 0 Å². The Kier molecular flexibility index (Phi) is 7.70. The van der Waals surface area contributed by atoms with Crippen molar-refractivity contribution in [1.29, 1.82) is 0 Å². The van der Waals surface area contributed by atoms with E-state index >= 15 is 0 Å². The van der Waals surface area contributed by atoms with Crippen molar-refractivity contribution in [3.8, 4) is 0 Å². The fraction of sp³-hybridized carbons (Fsp3) is 1.00. The zero-order chi connectivity index (χ0) is 12.6. The minimum absolute atomic E-state index is 0.00290. The molecule has 0 amide bonds. The van der Waals surface area contributed by atoms with E-state index in [1.54, 1.807) is 19.1 Å². The number of nitrogens with zero attached hydrogens (tertiary/aromatic N) is 1. The lowest BCUT2D eigenvalue weighted by Gasteiger charge is -2.28. The monoisotopic (exact) mass is 242 g/mol. The van der Waals surface area contributed by atoms with Crippen LogP contribution in [0.5, 0.6) is 0 Å². The van der Waals surface area contributed by atoms with Gasteiger partial charge in [0.2, 0.25) is 0 Å². The summed E-state index contributed by atoms with van der Waals surface area (Å²) in [6, 6.07) is -0.0210. The van der Waals surface area contributed by atoms with E-state index in [9.17, 15) is 13.2 Å². The van der Waals surface area contributed by atoms with Crippen molar-refractivity contribution < 1.29 is 17.9 Å². The van der Waals surface area contributed by atoms with Crippen LogP contribution in [-0.2, 0) is 4.74 Å². The lowest BCUT2D eigenvalue weighted by molar-refractivity contribution is -0.138. The summed E-state index contributed by atoms with van der Waals surface area (Å²) >= 11 is 0. The fourth-order valence-electron chi connectivity index (χ4n) is 1.33. The van der Waals surface area contributed by atoms with Crippen LogP contribution in [0.1, 0.15) is 13.3 Å². The van der Waals surface area contributed by atoms with Gasteiger partial charge in [0.05, 0.1) is 13.0 Å². The predicted molar refractivity (Wildman–Crippen MR) is 57.5 cm³/mol. The van der Waals surface area contributed by atoms with E-state index in [0.29, 0.717) is 13.2 Å². The number of likely N-dealkylation sites (N-methyl/N-ethyl adjacent to an activating group) is 2. The van der Waals surface area contributed by atoms with Gasteiger partial charge in [0.15, 0.2) is 0 Å². The molecule has 0 rings (SSSR count). The molecule has 0 spiro atoms. The molecule has 0 radical (unpaired) electrons. The SMILES string of the molecule is CCNCC(COC)N(C)CCC(F)(F)F. The van der Waals surface area contributed by atoms with Gasteiger partial charge >= 0.3 is 6.18 Å². The fourth-order valence-corrected chi connectivity index (χ4v) is 1.33. The number of hydrogen-bond acceptors (Lipinski definition) is 3. The van der Waals surface area contributed by atoms with Crippen LogP contribution in [0.25, 0.3) is 0 Å². The van der Waals surface area contributed by atoms with Crippen LogP contribution in [-0.4, -0.2) is 57.5 Å². The molecule has 0 aromatic heterocycles. The van der Waals surface area contributed by atoms with Crippen molar-refractivity contribution >= 4 is 0 Å². The molecule has 1 unspecified atom stereocenters. The molecule has 0 fully saturated rings. The highest BCUT2D eigenvalue weighted by molar-refractivity contribution is 4.71. The van der Waals surface area contributed by atoms with E-state index in [0.717, 1.165) is 6.54 Å². The average Bonchev–Trinajstić information content (AvgIpc) is 2.19. The number of halogens is 3. The molecule has 6 heteroatoms. The highest BCUT2D eigenvalue weighted by Gasteiger charge is 2.28. The molecule has 1 N–H and O–H groups in total. The van der Waals surface area contributed by atoms with Crippen LogP contribution in [0.4, 0.5) is 13.2 Å². The van der Waals surface area contributed by atoms with Gasteiger partial charge in [-0.05, 0) is 13.6 Å². The number of methoxy groups -OCH3 is 1. The number of hydrogen-bond donors (Lipinski definition) is 1. The van der Waals surface area contributed by atoms with E-state index < -0.39 is 12.6 Å². The molecule has 0 aliphatic rings. The third kappa shape index (κ3) is 7.90. The first-order valence-corrected chi connectivity index (χ1v) is 5.37. The molecule has 3 nitrogen and oxygen atoms in total. The summed E-state index contributed by atoms with van der Waals surface area (Å²) in [5.41, 5.74) is 0. The van der Waals surface area contributed by atoms with E-state index in [1.165, 1.54) is 0 Å². The maximum Gasteiger partial charge on any atom is 0.390 e. The summed E-state index contributed by atoms with van der Waals surface area (Å²) in [5, 5.41) is 3.11. The molecule has 0 heterocycles. The first kappa shape index (κ1) is 15.7. The van der Waals surface area contributed by atoms with Crippen LogP contribution in [0.2, 0.25) is 0 Å². The molecule has 98 valence electrons. The minimum atomic E-state index is -4.09. The van der Waals surface area contributed by atoms with Gasteiger partial charge in [-0.2, -0.15) is 13.2 Å². The number of ether oxygens (including phenoxy) is 1. The molecule has 0 saturated heterocycles. The van der Waals surface area contributed by atoms with Crippen molar-refractivity contribution in [3.05, 3.63) is 0 Å². The van der Waals surface area contributed by atoms with Crippen molar-refractivity contribution in [1.82, 2.24) is 10.2 Å². The highest BCUT2D eigenvalue weighted by Crippen LogP contribution is 2.19. The second-order valence-electron chi connectivity index (χ2n) is 3.76. The Morgan fingerprint density at radius 3 is 2.44 bits per heavy atom. The van der Waals surface area contributed by atoms with Crippen LogP contribution < -0.4 is 5.32 Å². The zero-order valence-electron chi connectivity index (χ0n) is 10.1. The summed E-state index contributed by atoms with van der Waals surface area (Å²) in [4.78, 5) is 1.68. The van der Waals surface area contributed by atoms with Crippen molar-refractivity contribution in [2.24, 2.45) is 0 Å². The quantitative estimate of drug-likeness (QED) is 0.698. The minimum Gasteiger partial charge on any atom is -0.383 e. The Labute approximate surface area is 94.9 Å². The highest BCUT2D eigenvalue weighted by atomic mass is 19.4. The van der Waals surface area contributed by atoms with E-state index in [1.807, 2.05) is 6.92 Å². The van der Waals surface area contributed by atoms with Crippen molar-refractivity contribution in [2.45, 2.75) is 25.6 Å². The van der Waals surface area contributed by atoms with Crippen molar-refractivity contribution in [3.63, 3.8) is 0 Å². The number of alkyl halides is 3. The first-order chi connectivity index (χ1) is 7.40. The Hall–Kier alpha value is -0.330. The van der Waals surface area contributed by atoms with Crippen LogP contribution in [0, 0.1) is 0 Å². The van der Waals surface area contributed by atoms with Gasteiger partial charge in [0, 0.05) is 26.2 Å². The molecule has 0 aliphatic heterocycles. The van der Waals surface area contributed by atoms with Gasteiger partial charge in [-0.1, -0.05) is 6.92 Å². The third-order valence-electron chi connectivity index (χ3n) is 2.36. The summed E-state index contributed by atoms with van der Waals surface area (Å²) in [7, 11) is 3.24. The third-order valence-corrected chi connectivity index (χ3v) is 2.36. The first-order valence-electron chi connectivity index (χ1n) is 5.37. The van der Waals surface area contributed by atoms with Gasteiger partial charge in [-0.25, -0.2) is 0 Å². The topological polar surface area (TPSA) is 24.5 Å². The van der Waals surface area contributed by atoms with Gasteiger partial charge in [0.25, 0.3) is 0 Å². The van der Waals surface area contributed by atoms with Crippen LogP contribution >= 0.6 is 0 Å². The molecule has 1 atom stereocenters. The molecule has 0 aliphatic carbocycles. The smallest absolute Gasteiger partial charge is 0.383 e. The molecule has 0 aromatic rings. The summed E-state index contributed by atoms with van der Waals surface area (Å²) < 4.78 is 41.1. The van der Waals surface area contributed by atoms with Gasteiger partial charge < -0.3 is 10.1 Å². The predicted octanol–water partition coefficient (Wildman–Crippen LogP) is 1.50. The largest absolute Gasteiger partial charge is 0.390 e. The summed E-state index contributed by atoms with van der Waals surface area (Å²) in [6.07, 6.45) is -4.88. The number of nitrogens with one attached hydrogen (secondary N) is 1. The Morgan fingerprint density at radius 2 is 2.00 bits per heavy atom. The standard InChI is InChI=1S/C10H21F3N2O/c1-4-14-7-9(8-16-3)15(2)6-5-10(11,12)13/h9,14H,4-8H2,1-3H3. The lowest BCUT2D eigenvalue weighted by Crippen LogP contribution is -2.44. The molecular weight excluding hydrogens is 221 g/mol. The molecule has 0 saturated carbocycles. The van der Waals surface area contributed by atoms with Crippen molar-refractivity contribution in [2.75, 3.05) is 40.4 Å². The van der Waals surface area contributed by atoms with E-state index in [2.05, 4.69) is 5.32 Å². The summed E-state index contributed by atoms with van der Waals surface area (Å²) in [6.45, 7) is 3.83. The molecule has 0 aromatic carbocycles.